The monoisotopic (exact) mass is 598 g/mol. The Morgan fingerprint density at radius 2 is 1.61 bits per heavy atom. The van der Waals surface area contributed by atoms with Gasteiger partial charge in [0.15, 0.2) is 5.82 Å². The maximum absolute atomic E-state index is 12.8. The molecule has 0 amide bonds. The third-order valence-corrected chi connectivity index (χ3v) is 9.32. The lowest BCUT2D eigenvalue weighted by molar-refractivity contribution is -0.0564. The molecule has 0 bridgehead atoms. The third kappa shape index (κ3) is 7.31. The first kappa shape index (κ1) is 29.6. The maximum Gasteiger partial charge on any atom is 0.229 e. The highest BCUT2D eigenvalue weighted by molar-refractivity contribution is 7.70. The number of likely N-dealkylation sites (N-methyl/N-ethyl adjacent to an activating group) is 1. The van der Waals surface area contributed by atoms with Gasteiger partial charge in [0.25, 0.3) is 0 Å². The summed E-state index contributed by atoms with van der Waals surface area (Å²) in [6.45, 7) is 14.4. The highest BCUT2D eigenvalue weighted by Crippen LogP contribution is 2.39. The largest absolute Gasteiger partial charge is 0.492 e. The molecule has 0 aliphatic carbocycles. The number of nitrogens with one attached hydrogen (secondary N) is 2. The molecule has 2 aliphatic rings. The van der Waals surface area contributed by atoms with E-state index in [0.717, 1.165) is 74.8 Å². The normalized spacial score (nSPS) is 17.4. The number of rotatable bonds is 9. The zero-order valence-electron chi connectivity index (χ0n) is 24.3. The molecule has 2 aromatic carbocycles. The number of benzene rings is 2. The van der Waals surface area contributed by atoms with Gasteiger partial charge < -0.3 is 29.7 Å². The van der Waals surface area contributed by atoms with Crippen molar-refractivity contribution in [2.24, 2.45) is 0 Å². The summed E-state index contributed by atoms with van der Waals surface area (Å²) < 4.78 is 18.8. The van der Waals surface area contributed by atoms with E-state index in [1.54, 1.807) is 19.5 Å². The minimum atomic E-state index is -2.51. The van der Waals surface area contributed by atoms with Crippen molar-refractivity contribution in [3.63, 3.8) is 0 Å². The fourth-order valence-electron chi connectivity index (χ4n) is 5.21. The summed E-state index contributed by atoms with van der Waals surface area (Å²) in [5, 5.41) is 12.7. The Kier molecular flexibility index (Phi) is 9.36. The Hall–Kier alpha value is -2.88. The second-order valence-corrected chi connectivity index (χ2v) is 14.4. The van der Waals surface area contributed by atoms with Gasteiger partial charge in [-0.2, -0.15) is 4.98 Å². The fraction of sp³-hybridized carbons (Fsp3) is 0.448. The summed E-state index contributed by atoms with van der Waals surface area (Å²) in [6.07, 6.45) is 1.55. The van der Waals surface area contributed by atoms with E-state index in [2.05, 4.69) is 59.6 Å². The number of nitrogens with zero attached hydrogens (tertiary/aromatic N) is 6. The lowest BCUT2D eigenvalue weighted by Gasteiger charge is -2.44. The van der Waals surface area contributed by atoms with E-state index in [4.69, 9.17) is 16.3 Å². The van der Waals surface area contributed by atoms with Gasteiger partial charge in [-0.25, -0.2) is 15.0 Å². The average molecular weight is 599 g/mol. The summed E-state index contributed by atoms with van der Waals surface area (Å²) in [5.41, 5.74) is 2.61. The molecule has 5 rings (SSSR count). The van der Waals surface area contributed by atoms with E-state index < -0.39 is 7.14 Å². The molecule has 2 fully saturated rings. The predicted molar refractivity (Wildman–Crippen MR) is 170 cm³/mol. The van der Waals surface area contributed by atoms with Crippen LogP contribution in [0.1, 0.15) is 6.92 Å². The van der Waals surface area contributed by atoms with Crippen molar-refractivity contribution in [3.8, 4) is 5.75 Å². The summed E-state index contributed by atoms with van der Waals surface area (Å²) in [5.74, 6) is 1.54. The van der Waals surface area contributed by atoms with Crippen molar-refractivity contribution in [1.29, 1.82) is 0 Å². The molecule has 220 valence electrons. The number of halogens is 1. The summed E-state index contributed by atoms with van der Waals surface area (Å²) >= 11 is 6.45. The molecule has 3 heterocycles. The molecule has 0 spiro atoms. The number of anilines is 5. The van der Waals surface area contributed by atoms with Crippen LogP contribution in [0.15, 0.2) is 48.7 Å². The molecule has 2 aliphatic heterocycles. The van der Waals surface area contributed by atoms with Crippen molar-refractivity contribution in [2.75, 3.05) is 94.9 Å². The van der Waals surface area contributed by atoms with E-state index in [9.17, 15) is 4.57 Å². The highest BCUT2D eigenvalue weighted by Gasteiger charge is 2.25. The Bertz CT molecular complexity index is 1390. The van der Waals surface area contributed by atoms with E-state index in [-0.39, 0.29) is 0 Å². The van der Waals surface area contributed by atoms with Crippen molar-refractivity contribution in [1.82, 2.24) is 24.9 Å². The number of hydrogen-bond acceptors (Lipinski definition) is 10. The first-order valence-electron chi connectivity index (χ1n) is 14.1. The van der Waals surface area contributed by atoms with Gasteiger partial charge >= 0.3 is 0 Å². The molecular weight excluding hydrogens is 559 g/mol. The van der Waals surface area contributed by atoms with Crippen LogP contribution in [0, 0.1) is 0 Å². The summed E-state index contributed by atoms with van der Waals surface area (Å²) in [7, 11) is -0.319. The van der Waals surface area contributed by atoms with Crippen LogP contribution >= 0.6 is 18.7 Å². The van der Waals surface area contributed by atoms with Crippen LogP contribution in [-0.2, 0) is 4.57 Å². The Balaban J connectivity index is 1.29. The van der Waals surface area contributed by atoms with Crippen LogP contribution in [0.2, 0.25) is 5.02 Å². The molecule has 12 heteroatoms. The highest BCUT2D eigenvalue weighted by atomic mass is 35.5. The smallest absolute Gasteiger partial charge is 0.229 e. The van der Waals surface area contributed by atoms with Gasteiger partial charge in [-0.15, -0.1) is 0 Å². The number of para-hydroxylation sites is 1. The topological polar surface area (TPSA) is 89.1 Å². The van der Waals surface area contributed by atoms with Crippen LogP contribution in [-0.4, -0.2) is 104 Å². The molecule has 1 aromatic heterocycles. The Labute approximate surface area is 248 Å². The number of hydrazine groups is 1. The molecule has 2 N–H and O–H groups in total. The second kappa shape index (κ2) is 13.0. The molecule has 41 heavy (non-hydrogen) atoms. The molecule has 0 atom stereocenters. The van der Waals surface area contributed by atoms with E-state index in [0.29, 0.717) is 29.1 Å². The molecule has 0 radical (unpaired) electrons. The molecule has 10 nitrogen and oxygen atoms in total. The van der Waals surface area contributed by atoms with E-state index in [1.807, 2.05) is 37.3 Å². The van der Waals surface area contributed by atoms with Gasteiger partial charge in [-0.1, -0.05) is 23.7 Å². The maximum atomic E-state index is 12.8. The van der Waals surface area contributed by atoms with Crippen molar-refractivity contribution in [3.05, 3.63) is 53.7 Å². The van der Waals surface area contributed by atoms with Gasteiger partial charge in [0.05, 0.1) is 24.2 Å². The zero-order valence-corrected chi connectivity index (χ0v) is 26.0. The first-order valence-corrected chi connectivity index (χ1v) is 17.1. The molecule has 0 saturated carbocycles. The first-order chi connectivity index (χ1) is 19.7. The van der Waals surface area contributed by atoms with Crippen molar-refractivity contribution >= 4 is 52.9 Å². The predicted octanol–water partition coefficient (Wildman–Crippen LogP) is 4.55. The van der Waals surface area contributed by atoms with Crippen LogP contribution in [0.25, 0.3) is 0 Å². The van der Waals surface area contributed by atoms with Crippen LogP contribution in [0.5, 0.6) is 5.75 Å². The van der Waals surface area contributed by atoms with Crippen LogP contribution < -0.4 is 25.6 Å². The quantitative estimate of drug-likeness (QED) is 0.342. The van der Waals surface area contributed by atoms with Gasteiger partial charge in [0.2, 0.25) is 5.95 Å². The standard InChI is InChI=1S/C29H40ClN8O2P/c1-5-40-26-20-22(36-14-18-38(19-15-36)37-16-12-35(2)13-17-37)10-11-24(26)33-29-31-21-23(30)28(34-29)32-25-8-6-7-9-27(25)41(3,4)39/h6-11,20-21H,5,12-19H2,1-4H3,(H2,31,32,33,34). The SMILES string of the molecule is CCOc1cc(N2CCN(N3CCN(C)CC3)CC2)ccc1Nc1ncc(Cl)c(Nc2ccccc2P(C)(C)=O)n1. The number of piperazine rings is 2. The minimum Gasteiger partial charge on any atom is -0.492 e. The van der Waals surface area contributed by atoms with Gasteiger partial charge in [-0.3, -0.25) is 0 Å². The van der Waals surface area contributed by atoms with Crippen LogP contribution in [0.4, 0.5) is 28.8 Å². The van der Waals surface area contributed by atoms with Gasteiger partial charge in [0.1, 0.15) is 17.9 Å². The lowest BCUT2D eigenvalue weighted by atomic mass is 10.2. The average Bonchev–Trinajstić information content (AvgIpc) is 2.96. The number of aromatic nitrogens is 2. The lowest BCUT2D eigenvalue weighted by Crippen LogP contribution is -2.58. The second-order valence-electron chi connectivity index (χ2n) is 10.8. The van der Waals surface area contributed by atoms with Gasteiger partial charge in [-0.05, 0) is 51.6 Å². The molecule has 0 unspecified atom stereocenters. The van der Waals surface area contributed by atoms with E-state index >= 15 is 0 Å². The number of hydrogen-bond donors (Lipinski definition) is 2. The Morgan fingerprint density at radius 3 is 2.29 bits per heavy atom. The third-order valence-electron chi connectivity index (χ3n) is 7.49. The van der Waals surface area contributed by atoms with Gasteiger partial charge in [0, 0.05) is 69.4 Å². The van der Waals surface area contributed by atoms with E-state index in [1.165, 1.54) is 0 Å². The zero-order chi connectivity index (χ0) is 29.0. The summed E-state index contributed by atoms with van der Waals surface area (Å²) in [4.78, 5) is 13.8. The van der Waals surface area contributed by atoms with Crippen molar-refractivity contribution < 1.29 is 9.30 Å². The Morgan fingerprint density at radius 1 is 0.927 bits per heavy atom. The fourth-order valence-corrected chi connectivity index (χ4v) is 6.51. The molecule has 3 aromatic rings. The molecule has 2 saturated heterocycles. The van der Waals surface area contributed by atoms with Crippen LogP contribution in [0.3, 0.4) is 0 Å². The molecular formula is C29H40ClN8O2P. The summed E-state index contributed by atoms with van der Waals surface area (Å²) in [6, 6.07) is 13.7. The minimum absolute atomic E-state index is 0.364. The number of ether oxygens (including phenoxy) is 1. The van der Waals surface area contributed by atoms with Crippen molar-refractivity contribution in [2.45, 2.75) is 6.92 Å².